The Balaban J connectivity index is 1.05. The molecular formula is C43H49F3N8O5S. The fourth-order valence-electron chi connectivity index (χ4n) is 8.13. The van der Waals surface area contributed by atoms with Gasteiger partial charge in [-0.15, -0.1) is 0 Å². The second kappa shape index (κ2) is 17.6. The number of piperazine rings is 1. The van der Waals surface area contributed by atoms with Crippen molar-refractivity contribution in [3.63, 3.8) is 0 Å². The number of hydrogen-bond donors (Lipinski definition) is 3. The van der Waals surface area contributed by atoms with Gasteiger partial charge >= 0.3 is 6.18 Å². The molecule has 13 nitrogen and oxygen atoms in total. The molecule has 3 heterocycles. The van der Waals surface area contributed by atoms with Crippen LogP contribution in [0.5, 0.6) is 5.75 Å². The van der Waals surface area contributed by atoms with Crippen LogP contribution in [0.25, 0.3) is 0 Å². The molecule has 3 saturated heterocycles. The quantitative estimate of drug-likeness (QED) is 0.146. The normalized spacial score (nSPS) is 21.2. The van der Waals surface area contributed by atoms with Crippen molar-refractivity contribution >= 4 is 63.7 Å². The number of thiocarbonyl (C=S) groups is 1. The molecule has 3 aliphatic rings. The van der Waals surface area contributed by atoms with Gasteiger partial charge in [-0.05, 0) is 119 Å². The summed E-state index contributed by atoms with van der Waals surface area (Å²) in [4.78, 5) is 57.9. The summed E-state index contributed by atoms with van der Waals surface area (Å²) in [5, 5.41) is 17.7. The lowest BCUT2D eigenvalue weighted by atomic mass is 9.99. The molecule has 3 N–H and O–H groups in total. The number of piperidine rings is 1. The molecule has 0 aromatic heterocycles. The lowest BCUT2D eigenvalue weighted by Gasteiger charge is -2.44. The van der Waals surface area contributed by atoms with E-state index in [0.29, 0.717) is 48.8 Å². The van der Waals surface area contributed by atoms with Crippen molar-refractivity contribution in [3.8, 4) is 11.8 Å². The zero-order chi connectivity index (χ0) is 43.7. The van der Waals surface area contributed by atoms with E-state index in [2.05, 4.69) is 39.6 Å². The van der Waals surface area contributed by atoms with E-state index < -0.39 is 34.8 Å². The Kier molecular flexibility index (Phi) is 12.9. The third kappa shape index (κ3) is 9.25. The molecule has 0 saturated carbocycles. The Morgan fingerprint density at radius 1 is 1.05 bits per heavy atom. The number of nitrogens with zero attached hydrogens (tertiary/aromatic N) is 5. The number of carbonyl (C=O) groups is 4. The molecule has 0 radical (unpaired) electrons. The number of carbonyl (C=O) groups excluding carboxylic acids is 4. The van der Waals surface area contributed by atoms with Gasteiger partial charge in [-0.2, -0.15) is 18.4 Å². The molecule has 3 aromatic rings. The first-order valence-electron chi connectivity index (χ1n) is 19.9. The SMILES string of the molecule is CCc1cc(N2C(=S)N(c3ccc(C#N)c(C(F)(F)F)c3)C(=O)C2(C)C)c(C)cc1OCCN1C[C@@H](C)N(CC(=O)Nc2cccc(NC3CCC(=O)NC3=O)c2)[C@@H](C)C1. The van der Waals surface area contributed by atoms with Crippen LogP contribution < -0.4 is 30.5 Å². The predicted octanol–water partition coefficient (Wildman–Crippen LogP) is 5.99. The van der Waals surface area contributed by atoms with E-state index in [4.69, 9.17) is 17.0 Å². The third-order valence-electron chi connectivity index (χ3n) is 11.3. The second-order valence-electron chi connectivity index (χ2n) is 16.0. The van der Waals surface area contributed by atoms with Crippen molar-refractivity contribution in [2.75, 3.05) is 53.2 Å². The van der Waals surface area contributed by atoms with Crippen molar-refractivity contribution in [1.29, 1.82) is 5.26 Å². The van der Waals surface area contributed by atoms with Crippen molar-refractivity contribution in [2.24, 2.45) is 0 Å². The minimum atomic E-state index is -4.80. The van der Waals surface area contributed by atoms with Gasteiger partial charge in [-0.25, -0.2) is 0 Å². The number of imide groups is 1. The fourth-order valence-corrected chi connectivity index (χ4v) is 8.64. The minimum Gasteiger partial charge on any atom is -0.492 e. The summed E-state index contributed by atoms with van der Waals surface area (Å²) in [5.74, 6) is -0.633. The molecule has 318 valence electrons. The Bertz CT molecular complexity index is 2230. The number of anilines is 4. The Labute approximate surface area is 352 Å². The van der Waals surface area contributed by atoms with Crippen LogP contribution in [0, 0.1) is 18.3 Å². The van der Waals surface area contributed by atoms with Gasteiger partial charge in [-0.3, -0.25) is 39.2 Å². The number of alkyl halides is 3. The monoisotopic (exact) mass is 846 g/mol. The highest BCUT2D eigenvalue weighted by molar-refractivity contribution is 7.81. The summed E-state index contributed by atoms with van der Waals surface area (Å²) < 4.78 is 47.9. The molecule has 3 atom stereocenters. The number of nitriles is 1. The van der Waals surface area contributed by atoms with E-state index in [0.717, 1.165) is 41.2 Å². The van der Waals surface area contributed by atoms with Crippen molar-refractivity contribution in [1.82, 2.24) is 15.1 Å². The average molecular weight is 847 g/mol. The molecule has 6 rings (SSSR count). The van der Waals surface area contributed by atoms with Crippen LogP contribution in [0.3, 0.4) is 0 Å². The van der Waals surface area contributed by atoms with Gasteiger partial charge < -0.3 is 20.3 Å². The van der Waals surface area contributed by atoms with Crippen molar-refractivity contribution < 1.29 is 37.1 Å². The van der Waals surface area contributed by atoms with Crippen LogP contribution in [-0.2, 0) is 31.8 Å². The number of rotatable bonds is 12. The van der Waals surface area contributed by atoms with Crippen LogP contribution in [0.1, 0.15) is 69.7 Å². The van der Waals surface area contributed by atoms with Gasteiger partial charge in [0.1, 0.15) is 23.9 Å². The topological polar surface area (TPSA) is 150 Å². The molecule has 0 bridgehead atoms. The highest BCUT2D eigenvalue weighted by Gasteiger charge is 2.51. The van der Waals surface area contributed by atoms with E-state index in [9.17, 15) is 37.6 Å². The maximum Gasteiger partial charge on any atom is 0.417 e. The number of hydrogen-bond acceptors (Lipinski definition) is 10. The van der Waals surface area contributed by atoms with Crippen LogP contribution in [0.4, 0.5) is 35.9 Å². The molecule has 0 aliphatic carbocycles. The largest absolute Gasteiger partial charge is 0.492 e. The van der Waals surface area contributed by atoms with Gasteiger partial charge in [0.25, 0.3) is 5.91 Å². The molecular weight excluding hydrogens is 798 g/mol. The molecule has 3 aromatic carbocycles. The molecule has 4 amide bonds. The number of aryl methyl sites for hydroxylation is 2. The average Bonchev–Trinajstić information content (AvgIpc) is 3.35. The van der Waals surface area contributed by atoms with Gasteiger partial charge in [-0.1, -0.05) is 13.0 Å². The summed E-state index contributed by atoms with van der Waals surface area (Å²) in [5.41, 5.74) is 0.518. The first-order valence-corrected chi connectivity index (χ1v) is 20.3. The first-order chi connectivity index (χ1) is 28.3. The van der Waals surface area contributed by atoms with Gasteiger partial charge in [0.05, 0.1) is 29.4 Å². The highest BCUT2D eigenvalue weighted by Crippen LogP contribution is 2.42. The van der Waals surface area contributed by atoms with Crippen molar-refractivity contribution in [2.45, 2.75) is 90.6 Å². The summed E-state index contributed by atoms with van der Waals surface area (Å²) in [7, 11) is 0. The Morgan fingerprint density at radius 2 is 1.75 bits per heavy atom. The van der Waals surface area contributed by atoms with Gasteiger partial charge in [0, 0.05) is 55.2 Å². The van der Waals surface area contributed by atoms with Crippen molar-refractivity contribution in [3.05, 3.63) is 76.9 Å². The predicted molar refractivity (Wildman–Crippen MR) is 226 cm³/mol. The van der Waals surface area contributed by atoms with Gasteiger partial charge in [0.2, 0.25) is 17.7 Å². The van der Waals surface area contributed by atoms with E-state index >= 15 is 0 Å². The number of ether oxygens (including phenoxy) is 1. The molecule has 17 heteroatoms. The molecule has 0 spiro atoms. The van der Waals surface area contributed by atoms with E-state index in [1.165, 1.54) is 6.07 Å². The molecule has 60 heavy (non-hydrogen) atoms. The first kappa shape index (κ1) is 44.0. The molecule has 1 unspecified atom stereocenters. The van der Waals surface area contributed by atoms with E-state index in [1.807, 2.05) is 26.0 Å². The molecule has 3 fully saturated rings. The number of amides is 4. The zero-order valence-corrected chi connectivity index (χ0v) is 35.2. The van der Waals surface area contributed by atoms with Crippen LogP contribution >= 0.6 is 12.2 Å². The summed E-state index contributed by atoms with van der Waals surface area (Å²) >= 11 is 5.78. The number of halogens is 3. The van der Waals surface area contributed by atoms with Crippen LogP contribution in [-0.4, -0.2) is 95.0 Å². The summed E-state index contributed by atoms with van der Waals surface area (Å²) in [6.07, 6.45) is -3.55. The zero-order valence-electron chi connectivity index (χ0n) is 34.4. The molecule has 3 aliphatic heterocycles. The lowest BCUT2D eigenvalue weighted by Crippen LogP contribution is -2.58. The van der Waals surface area contributed by atoms with Crippen LogP contribution in [0.2, 0.25) is 0 Å². The van der Waals surface area contributed by atoms with E-state index in [-0.39, 0.29) is 53.6 Å². The number of nitrogens with one attached hydrogen (secondary N) is 3. The smallest absolute Gasteiger partial charge is 0.417 e. The standard InChI is InChI=1S/C43H49F3N8O5S/c1-7-28-18-35(54-41(60)53(40(58)42(54,5)6)32-12-11-29(21-47)33(20-32)43(44,45)46)25(2)17-36(28)59-16-15-51-22-26(3)52(27(4)23-51)24-38(56)49-31-10-8-9-30(19-31)48-34-13-14-37(55)50-39(34)57/h8-12,17-20,26-27,34,48H,7,13-16,22-24H2,1-6H3,(H,49,56)(H,50,55,57)/t26-,27+,34?. The summed E-state index contributed by atoms with van der Waals surface area (Å²) in [6, 6.07) is 15.3. The Hall–Kier alpha value is -5.57. The maximum atomic E-state index is 13.8. The summed E-state index contributed by atoms with van der Waals surface area (Å²) in [6.45, 7) is 14.1. The second-order valence-corrected chi connectivity index (χ2v) is 16.4. The Morgan fingerprint density at radius 3 is 2.40 bits per heavy atom. The maximum absolute atomic E-state index is 13.8. The van der Waals surface area contributed by atoms with Gasteiger partial charge in [0.15, 0.2) is 5.11 Å². The number of benzene rings is 3. The van der Waals surface area contributed by atoms with Crippen LogP contribution in [0.15, 0.2) is 54.6 Å². The fraction of sp³-hybridized carbons (Fsp3) is 0.442. The minimum absolute atomic E-state index is 0.0232. The van der Waals surface area contributed by atoms with E-state index in [1.54, 1.807) is 49.1 Å². The highest BCUT2D eigenvalue weighted by atomic mass is 32.1. The third-order valence-corrected chi connectivity index (χ3v) is 11.6. The lowest BCUT2D eigenvalue weighted by molar-refractivity contribution is -0.138.